The average molecular weight is 861 g/mol. The molecule has 0 N–H and O–H groups in total. The van der Waals surface area contributed by atoms with Crippen LogP contribution in [0.15, 0.2) is 103 Å². The van der Waals surface area contributed by atoms with Gasteiger partial charge < -0.3 is 0 Å². The zero-order valence-corrected chi connectivity index (χ0v) is 40.5. The van der Waals surface area contributed by atoms with E-state index in [1.54, 1.807) is 0 Å². The van der Waals surface area contributed by atoms with Gasteiger partial charge >= 0.3 is 0 Å². The lowest BCUT2D eigenvalue weighted by molar-refractivity contribution is 0.591. The monoisotopic (exact) mass is 860 g/mol. The van der Waals surface area contributed by atoms with Gasteiger partial charge in [-0.25, -0.2) is 9.97 Å². The Bertz CT molecular complexity index is 4210. The summed E-state index contributed by atoms with van der Waals surface area (Å²) in [6.07, 6.45) is 0. The molecule has 0 aliphatic heterocycles. The number of aryl methyl sites for hydroxylation is 4. The normalized spacial score (nSPS) is 13.5. The van der Waals surface area contributed by atoms with E-state index in [0.717, 1.165) is 33.6 Å². The minimum atomic E-state index is -0.102. The molecule has 0 spiro atoms. The van der Waals surface area contributed by atoms with Crippen molar-refractivity contribution >= 4 is 88.3 Å². The maximum Gasteiger partial charge on any atom is 0.220 e. The van der Waals surface area contributed by atoms with Crippen LogP contribution in [0.5, 0.6) is 0 Å². The number of benzene rings is 7. The molecule has 0 bridgehead atoms. The fraction of sp³-hybridized carbons (Fsp3) is 0.267. The molecule has 0 unspecified atom stereocenters. The minimum absolute atomic E-state index is 0.0513. The van der Waals surface area contributed by atoms with E-state index in [9.17, 15) is 0 Å². The molecule has 6 nitrogen and oxygen atoms in total. The number of rotatable bonds is 2. The summed E-state index contributed by atoms with van der Waals surface area (Å²) in [4.78, 5) is 11.4. The topological polar surface area (TPSA) is 43.4 Å². The van der Waals surface area contributed by atoms with Crippen molar-refractivity contribution < 1.29 is 0 Å². The Hall–Kier alpha value is -6.92. The summed E-state index contributed by atoms with van der Waals surface area (Å²) in [6, 6.07) is 39.4. The molecule has 0 amide bonds. The Balaban J connectivity index is 1.33. The molecule has 0 aliphatic carbocycles. The van der Waals surface area contributed by atoms with E-state index in [1.807, 2.05) is 0 Å². The highest BCUT2D eigenvalue weighted by Gasteiger charge is 2.34. The molecule has 0 radical (unpaired) electrons. The van der Waals surface area contributed by atoms with Gasteiger partial charge in [0.05, 0.1) is 55.2 Å². The summed E-state index contributed by atoms with van der Waals surface area (Å²) >= 11 is 0. The van der Waals surface area contributed by atoms with E-state index in [-0.39, 0.29) is 16.2 Å². The van der Waals surface area contributed by atoms with Crippen molar-refractivity contribution in [2.45, 2.75) is 106 Å². The molecule has 6 heteroatoms. The largest absolute Gasteiger partial charge is 0.277 e. The van der Waals surface area contributed by atoms with E-state index in [2.05, 4.69) is 211 Å². The quantitative estimate of drug-likeness (QED) is 0.174. The third-order valence-corrected chi connectivity index (χ3v) is 15.2. The summed E-state index contributed by atoms with van der Waals surface area (Å²) < 4.78 is 10.0. The second-order valence-corrected chi connectivity index (χ2v) is 22.7. The lowest BCUT2D eigenvalue weighted by Gasteiger charge is -2.21. The Morgan fingerprint density at radius 1 is 0.394 bits per heavy atom. The van der Waals surface area contributed by atoms with Crippen molar-refractivity contribution in [3.05, 3.63) is 142 Å². The highest BCUT2D eigenvalue weighted by atomic mass is 15.2. The lowest BCUT2D eigenvalue weighted by Crippen LogP contribution is -2.11. The fourth-order valence-electron chi connectivity index (χ4n) is 11.8. The maximum absolute atomic E-state index is 5.85. The Kier molecular flexibility index (Phi) is 7.47. The first-order chi connectivity index (χ1) is 31.3. The van der Waals surface area contributed by atoms with Crippen LogP contribution in [0.4, 0.5) is 0 Å². The number of fused-ring (bicyclic) bond motifs is 18. The van der Waals surface area contributed by atoms with Crippen molar-refractivity contribution in [3.8, 4) is 22.3 Å². The van der Waals surface area contributed by atoms with Gasteiger partial charge in [0, 0.05) is 27.1 Å². The molecule has 6 heterocycles. The van der Waals surface area contributed by atoms with Crippen LogP contribution in [-0.2, 0) is 16.2 Å². The molecule has 66 heavy (non-hydrogen) atoms. The van der Waals surface area contributed by atoms with Gasteiger partial charge in [0.25, 0.3) is 0 Å². The van der Waals surface area contributed by atoms with Crippen LogP contribution >= 0.6 is 0 Å². The summed E-state index contributed by atoms with van der Waals surface area (Å²) in [6.45, 7) is 29.9. The molecular formula is C60H56N6. The van der Waals surface area contributed by atoms with Gasteiger partial charge in [-0.1, -0.05) is 117 Å². The SMILES string of the molecule is Cc1cccc(C)c1-c1ccc2nc3n(c2c1)c1c2c4cc(C(C)(C)C)ccc4n4c2c(c2c5cc(C(C)(C)C)ccc5n3c21)n1c2cc(C(C)(C)C)cc(-c3c(C)cccc3C)c2nc14. The standard InChI is InChI=1S/C60H56N6/c1-31-16-14-17-32(2)47(31)35-20-23-42-45(26-35)65-54-49-40-28-37(59(8,9)10)22-25-44(40)64-53(49)55(50-39-27-36(58(5,6)7)21-24-43(39)63(52(50)54)56(65)61-42)66-46-30-38(60(11,12)13)29-41(51(46)62-57(64)66)48-33(3)18-15-19-34(48)4/h14-30H,1-13H3. The van der Waals surface area contributed by atoms with Crippen LogP contribution in [0, 0.1) is 27.7 Å². The van der Waals surface area contributed by atoms with Crippen LogP contribution in [0.3, 0.4) is 0 Å². The summed E-state index contributed by atoms with van der Waals surface area (Å²) in [5, 5.41) is 4.98. The van der Waals surface area contributed by atoms with Crippen molar-refractivity contribution in [2.24, 2.45) is 0 Å². The average Bonchev–Trinajstić information content (AvgIpc) is 4.07. The first-order valence-electron chi connectivity index (χ1n) is 23.7. The van der Waals surface area contributed by atoms with E-state index < -0.39 is 0 Å². The summed E-state index contributed by atoms with van der Waals surface area (Å²) in [7, 11) is 0. The molecule has 0 saturated heterocycles. The highest BCUT2D eigenvalue weighted by Crippen LogP contribution is 2.51. The van der Waals surface area contributed by atoms with Gasteiger partial charge in [0.1, 0.15) is 0 Å². The van der Waals surface area contributed by atoms with Crippen molar-refractivity contribution in [1.82, 2.24) is 27.6 Å². The first-order valence-corrected chi connectivity index (χ1v) is 23.7. The molecule has 13 rings (SSSR count). The van der Waals surface area contributed by atoms with Crippen LogP contribution in [0.2, 0.25) is 0 Å². The van der Waals surface area contributed by atoms with Crippen LogP contribution in [0.1, 0.15) is 101 Å². The molecule has 0 saturated carbocycles. The molecule has 7 aromatic carbocycles. The van der Waals surface area contributed by atoms with Crippen molar-refractivity contribution in [1.29, 1.82) is 0 Å². The maximum atomic E-state index is 5.85. The zero-order chi connectivity index (χ0) is 45.8. The second-order valence-electron chi connectivity index (χ2n) is 22.7. The number of aromatic nitrogens is 6. The van der Waals surface area contributed by atoms with Gasteiger partial charge in [-0.15, -0.1) is 0 Å². The van der Waals surface area contributed by atoms with Gasteiger partial charge in [-0.2, -0.15) is 0 Å². The van der Waals surface area contributed by atoms with E-state index >= 15 is 0 Å². The molecule has 13 aromatic rings. The Labute approximate surface area is 384 Å². The van der Waals surface area contributed by atoms with Crippen LogP contribution in [0.25, 0.3) is 111 Å². The molecule has 0 aliphatic rings. The minimum Gasteiger partial charge on any atom is -0.277 e. The number of nitrogens with zero attached hydrogens (tertiary/aromatic N) is 6. The number of hydrogen-bond acceptors (Lipinski definition) is 2. The van der Waals surface area contributed by atoms with Crippen molar-refractivity contribution in [3.63, 3.8) is 0 Å². The second kappa shape index (κ2) is 12.5. The molecule has 0 atom stereocenters. The number of imidazole rings is 4. The molecule has 6 aromatic heterocycles. The van der Waals surface area contributed by atoms with E-state index in [0.29, 0.717) is 0 Å². The summed E-state index contributed by atoms with van der Waals surface area (Å²) in [5.74, 6) is 1.89. The van der Waals surface area contributed by atoms with Gasteiger partial charge in [0.15, 0.2) is 0 Å². The predicted molar refractivity (Wildman–Crippen MR) is 279 cm³/mol. The predicted octanol–water partition coefficient (Wildman–Crippen LogP) is 15.7. The van der Waals surface area contributed by atoms with Gasteiger partial charge in [-0.3, -0.25) is 17.6 Å². The van der Waals surface area contributed by atoms with Crippen LogP contribution in [-0.4, -0.2) is 27.6 Å². The van der Waals surface area contributed by atoms with E-state index in [4.69, 9.17) is 9.97 Å². The van der Waals surface area contributed by atoms with E-state index in [1.165, 1.54) is 116 Å². The molecule has 326 valence electrons. The Morgan fingerprint density at radius 3 is 1.35 bits per heavy atom. The molecule has 0 fully saturated rings. The van der Waals surface area contributed by atoms with Gasteiger partial charge in [0.2, 0.25) is 11.6 Å². The fourth-order valence-corrected chi connectivity index (χ4v) is 11.8. The van der Waals surface area contributed by atoms with Gasteiger partial charge in [-0.05, 0) is 148 Å². The smallest absolute Gasteiger partial charge is 0.220 e. The third kappa shape index (κ3) is 4.97. The number of hydrogen-bond donors (Lipinski definition) is 0. The van der Waals surface area contributed by atoms with Crippen molar-refractivity contribution in [2.75, 3.05) is 0 Å². The first kappa shape index (κ1) is 39.4. The lowest BCUT2D eigenvalue weighted by atomic mass is 9.83. The zero-order valence-electron chi connectivity index (χ0n) is 40.5. The molecular weight excluding hydrogens is 805 g/mol. The summed E-state index contributed by atoms with van der Waals surface area (Å²) in [5.41, 5.74) is 25.2. The van der Waals surface area contributed by atoms with Crippen LogP contribution < -0.4 is 0 Å². The Morgan fingerprint density at radius 2 is 0.848 bits per heavy atom. The third-order valence-electron chi connectivity index (χ3n) is 15.2. The highest BCUT2D eigenvalue weighted by molar-refractivity contribution is 6.37.